The Labute approximate surface area is 85.8 Å². The molecule has 0 aromatic heterocycles. The molecule has 0 spiro atoms. The molecular weight excluding hydrogens is 172 g/mol. The van der Waals surface area contributed by atoms with E-state index in [1.807, 2.05) is 0 Å². The number of aliphatic hydroxyl groups excluding tert-OH is 1. The van der Waals surface area contributed by atoms with E-state index in [1.165, 1.54) is 31.2 Å². The molecule has 0 heterocycles. The molecule has 2 atom stereocenters. The Balaban J connectivity index is 2.15. The number of aliphatic hydroxyl groups is 1. The van der Waals surface area contributed by atoms with E-state index in [-0.39, 0.29) is 0 Å². The lowest BCUT2D eigenvalue weighted by Crippen LogP contribution is -2.20. The van der Waals surface area contributed by atoms with Gasteiger partial charge >= 0.3 is 0 Å². The van der Waals surface area contributed by atoms with Crippen molar-refractivity contribution in [3.05, 3.63) is 35.9 Å². The van der Waals surface area contributed by atoms with Crippen LogP contribution in [0.3, 0.4) is 0 Å². The van der Waals surface area contributed by atoms with Crippen molar-refractivity contribution in [2.75, 3.05) is 6.61 Å². The number of hydrogen-bond acceptors (Lipinski definition) is 1. The fourth-order valence-corrected chi connectivity index (χ4v) is 2.57. The number of rotatable bonds is 2. The largest absolute Gasteiger partial charge is 0.396 e. The van der Waals surface area contributed by atoms with E-state index in [1.54, 1.807) is 0 Å². The summed E-state index contributed by atoms with van der Waals surface area (Å²) in [5, 5.41) is 9.32. The third kappa shape index (κ3) is 1.98. The maximum Gasteiger partial charge on any atom is 0.0465 e. The van der Waals surface area contributed by atoms with Crippen LogP contribution in [0.15, 0.2) is 30.3 Å². The smallest absolute Gasteiger partial charge is 0.0465 e. The molecule has 2 rings (SSSR count). The first-order valence-electron chi connectivity index (χ1n) is 5.57. The van der Waals surface area contributed by atoms with Crippen LogP contribution in [0.4, 0.5) is 0 Å². The van der Waals surface area contributed by atoms with E-state index in [9.17, 15) is 5.11 Å². The molecule has 1 nitrogen and oxygen atoms in total. The monoisotopic (exact) mass is 190 g/mol. The zero-order valence-electron chi connectivity index (χ0n) is 8.52. The van der Waals surface area contributed by atoms with Crippen LogP contribution in [-0.2, 0) is 0 Å². The van der Waals surface area contributed by atoms with Crippen LogP contribution in [0.2, 0.25) is 0 Å². The van der Waals surface area contributed by atoms with E-state index in [0.29, 0.717) is 18.4 Å². The summed E-state index contributed by atoms with van der Waals surface area (Å²) >= 11 is 0. The zero-order chi connectivity index (χ0) is 9.80. The molecule has 1 heteroatoms. The lowest BCUT2D eigenvalue weighted by atomic mass is 9.76. The Morgan fingerprint density at radius 3 is 2.50 bits per heavy atom. The SMILES string of the molecule is OC[C@H]1CCCC[C@@H]1c1ccccc1. The summed E-state index contributed by atoms with van der Waals surface area (Å²) < 4.78 is 0. The molecule has 0 amide bonds. The summed E-state index contributed by atoms with van der Waals surface area (Å²) in [5.41, 5.74) is 1.41. The van der Waals surface area contributed by atoms with Gasteiger partial charge in [-0.05, 0) is 30.2 Å². The summed E-state index contributed by atoms with van der Waals surface area (Å²) in [7, 11) is 0. The summed E-state index contributed by atoms with van der Waals surface area (Å²) in [5.74, 6) is 1.08. The van der Waals surface area contributed by atoms with Gasteiger partial charge in [0.1, 0.15) is 0 Å². The minimum Gasteiger partial charge on any atom is -0.396 e. The van der Waals surface area contributed by atoms with Gasteiger partial charge in [0.25, 0.3) is 0 Å². The highest BCUT2D eigenvalue weighted by Crippen LogP contribution is 2.37. The highest BCUT2D eigenvalue weighted by atomic mass is 16.3. The van der Waals surface area contributed by atoms with Gasteiger partial charge in [-0.15, -0.1) is 0 Å². The third-order valence-corrected chi connectivity index (χ3v) is 3.37. The predicted octanol–water partition coefficient (Wildman–Crippen LogP) is 2.95. The first kappa shape index (κ1) is 9.72. The van der Waals surface area contributed by atoms with Crippen LogP contribution in [0, 0.1) is 5.92 Å². The van der Waals surface area contributed by atoms with Gasteiger partial charge in [0, 0.05) is 6.61 Å². The fourth-order valence-electron chi connectivity index (χ4n) is 2.57. The lowest BCUT2D eigenvalue weighted by molar-refractivity contribution is 0.169. The van der Waals surface area contributed by atoms with E-state index in [4.69, 9.17) is 0 Å². The van der Waals surface area contributed by atoms with Crippen molar-refractivity contribution >= 4 is 0 Å². The summed E-state index contributed by atoms with van der Waals surface area (Å²) in [4.78, 5) is 0. The van der Waals surface area contributed by atoms with Gasteiger partial charge in [-0.3, -0.25) is 0 Å². The third-order valence-electron chi connectivity index (χ3n) is 3.37. The second kappa shape index (κ2) is 4.61. The van der Waals surface area contributed by atoms with Crippen LogP contribution in [-0.4, -0.2) is 11.7 Å². The predicted molar refractivity (Wildman–Crippen MR) is 58.2 cm³/mol. The van der Waals surface area contributed by atoms with Crippen LogP contribution in [0.5, 0.6) is 0 Å². The second-order valence-electron chi connectivity index (χ2n) is 4.24. The number of hydrogen-bond donors (Lipinski definition) is 1. The van der Waals surface area contributed by atoms with E-state index >= 15 is 0 Å². The van der Waals surface area contributed by atoms with Crippen molar-refractivity contribution in [2.24, 2.45) is 5.92 Å². The molecule has 0 unspecified atom stereocenters. The van der Waals surface area contributed by atoms with E-state index < -0.39 is 0 Å². The summed E-state index contributed by atoms with van der Waals surface area (Å²) in [6, 6.07) is 10.6. The second-order valence-corrected chi connectivity index (χ2v) is 4.24. The van der Waals surface area contributed by atoms with Crippen LogP contribution in [0.25, 0.3) is 0 Å². The lowest BCUT2D eigenvalue weighted by Gasteiger charge is -2.30. The Morgan fingerprint density at radius 1 is 1.07 bits per heavy atom. The minimum atomic E-state index is 0.347. The molecule has 1 N–H and O–H groups in total. The zero-order valence-corrected chi connectivity index (χ0v) is 8.52. The molecule has 1 aromatic rings. The summed E-state index contributed by atoms with van der Waals surface area (Å²) in [6.07, 6.45) is 5.04. The fraction of sp³-hybridized carbons (Fsp3) is 0.538. The van der Waals surface area contributed by atoms with Crippen molar-refractivity contribution in [2.45, 2.75) is 31.6 Å². The highest BCUT2D eigenvalue weighted by Gasteiger charge is 2.25. The Hall–Kier alpha value is -0.820. The van der Waals surface area contributed by atoms with Crippen LogP contribution < -0.4 is 0 Å². The quantitative estimate of drug-likeness (QED) is 0.760. The maximum atomic E-state index is 9.32. The van der Waals surface area contributed by atoms with Crippen molar-refractivity contribution in [1.29, 1.82) is 0 Å². The molecule has 1 fully saturated rings. The first-order chi connectivity index (χ1) is 6.92. The minimum absolute atomic E-state index is 0.347. The standard InChI is InChI=1S/C13H18O/c14-10-12-8-4-5-9-13(12)11-6-2-1-3-7-11/h1-3,6-7,12-14H,4-5,8-10H2/t12-,13-/m1/s1. The Kier molecular flexibility index (Phi) is 3.20. The normalized spacial score (nSPS) is 27.5. The Morgan fingerprint density at radius 2 is 1.79 bits per heavy atom. The Bertz CT molecular complexity index is 268. The van der Waals surface area contributed by atoms with Crippen molar-refractivity contribution in [1.82, 2.24) is 0 Å². The average molecular weight is 190 g/mol. The van der Waals surface area contributed by atoms with E-state index in [0.717, 1.165) is 0 Å². The molecule has 1 aliphatic rings. The van der Waals surface area contributed by atoms with Gasteiger partial charge < -0.3 is 5.11 Å². The van der Waals surface area contributed by atoms with Gasteiger partial charge in [-0.2, -0.15) is 0 Å². The molecule has 1 aromatic carbocycles. The number of benzene rings is 1. The molecule has 1 saturated carbocycles. The van der Waals surface area contributed by atoms with Crippen LogP contribution >= 0.6 is 0 Å². The molecule has 0 aliphatic heterocycles. The van der Waals surface area contributed by atoms with Crippen molar-refractivity contribution < 1.29 is 5.11 Å². The molecule has 14 heavy (non-hydrogen) atoms. The van der Waals surface area contributed by atoms with Crippen molar-refractivity contribution in [3.8, 4) is 0 Å². The molecule has 0 bridgehead atoms. The summed E-state index contributed by atoms with van der Waals surface area (Å²) in [6.45, 7) is 0.347. The van der Waals surface area contributed by atoms with Gasteiger partial charge in [0.05, 0.1) is 0 Å². The molecule has 76 valence electrons. The maximum absolute atomic E-state index is 9.32. The first-order valence-corrected chi connectivity index (χ1v) is 5.57. The molecular formula is C13H18O. The van der Waals surface area contributed by atoms with Gasteiger partial charge in [-0.25, -0.2) is 0 Å². The molecule has 0 radical (unpaired) electrons. The van der Waals surface area contributed by atoms with Gasteiger partial charge in [0.2, 0.25) is 0 Å². The average Bonchev–Trinajstić information content (AvgIpc) is 2.30. The van der Waals surface area contributed by atoms with Crippen LogP contribution in [0.1, 0.15) is 37.2 Å². The van der Waals surface area contributed by atoms with Gasteiger partial charge in [0.15, 0.2) is 0 Å². The topological polar surface area (TPSA) is 20.2 Å². The van der Waals surface area contributed by atoms with E-state index in [2.05, 4.69) is 30.3 Å². The molecule has 1 aliphatic carbocycles. The van der Waals surface area contributed by atoms with Crippen molar-refractivity contribution in [3.63, 3.8) is 0 Å². The highest BCUT2D eigenvalue weighted by molar-refractivity contribution is 5.20. The van der Waals surface area contributed by atoms with Gasteiger partial charge in [-0.1, -0.05) is 43.2 Å². The molecule has 0 saturated heterocycles.